The Morgan fingerprint density at radius 1 is 0.490 bits per heavy atom. The molecule has 0 aromatic heterocycles. The molecule has 0 aromatic rings. The average molecular weight is 746 g/mol. The first-order valence-electron chi connectivity index (χ1n) is 18.8. The number of amides is 1. The third-order valence-corrected chi connectivity index (χ3v) is 6.53. The number of nitrogens with zero attached hydrogens (tertiary/aromatic N) is 3. The van der Waals surface area contributed by atoms with Crippen LogP contribution in [0.2, 0.25) is 0 Å². The van der Waals surface area contributed by atoms with Gasteiger partial charge in [0.1, 0.15) is 13.2 Å². The molecule has 0 atom stereocenters. The fourth-order valence-electron chi connectivity index (χ4n) is 3.98. The average Bonchev–Trinajstić information content (AvgIpc) is 3.14. The molecule has 0 aliphatic heterocycles. The summed E-state index contributed by atoms with van der Waals surface area (Å²) in [4.78, 5) is 41.6. The molecule has 16 heteroatoms. The Labute approximate surface area is 307 Å². The maximum atomic E-state index is 12.0. The van der Waals surface area contributed by atoms with Gasteiger partial charge in [-0.15, -0.1) is 0 Å². The van der Waals surface area contributed by atoms with Gasteiger partial charge >= 0.3 is 0 Å². The molecule has 308 valence electrons. The monoisotopic (exact) mass is 746 g/mol. The molecule has 0 aromatic carbocycles. The van der Waals surface area contributed by atoms with Crippen molar-refractivity contribution in [1.82, 2.24) is 15.7 Å². The summed E-state index contributed by atoms with van der Waals surface area (Å²) >= 11 is 0. The van der Waals surface area contributed by atoms with E-state index in [2.05, 4.69) is 26.0 Å². The third kappa shape index (κ3) is 46.6. The number of allylic oxidation sites excluding steroid dienone is 2. The van der Waals surface area contributed by atoms with Crippen LogP contribution in [0.1, 0.15) is 117 Å². The van der Waals surface area contributed by atoms with Gasteiger partial charge in [0.05, 0.1) is 72.6 Å². The summed E-state index contributed by atoms with van der Waals surface area (Å²) in [5.41, 5.74) is 0. The van der Waals surface area contributed by atoms with Crippen LogP contribution in [-0.4, -0.2) is 145 Å². The van der Waals surface area contributed by atoms with Gasteiger partial charge in [-0.1, -0.05) is 99.5 Å². The standard InChI is InChI=1S/C22H43NO5.C8H19NO4.C5H13NO4/c1-2-3-4-5-6-7-8-9-10-11-12-13-14-15-16-17-22(26)23(27-20-18-24)28-21-19-25;1-2-3-4-9(12-7-5-10)13-8-6-11;1-6(9-4-2-7)10-5-3-8/h9-10,24-25H,2-8,11-21H2,1H3;10-11H,2-8H2,1H3;7-8H,2-5H2,1H3. The van der Waals surface area contributed by atoms with E-state index in [-0.39, 0.29) is 85.2 Å². The van der Waals surface area contributed by atoms with Crippen LogP contribution in [-0.2, 0) is 33.8 Å². The number of hydroxylamine groups is 6. The Kier molecular flexibility index (Phi) is 51.5. The summed E-state index contributed by atoms with van der Waals surface area (Å²) in [5, 5.41) is 54.3. The Morgan fingerprint density at radius 3 is 1.29 bits per heavy atom. The summed E-state index contributed by atoms with van der Waals surface area (Å²) in [5.74, 6) is -0.278. The third-order valence-electron chi connectivity index (χ3n) is 6.53. The second-order valence-electron chi connectivity index (χ2n) is 11.2. The van der Waals surface area contributed by atoms with Gasteiger partial charge in [-0.05, 0) is 38.5 Å². The van der Waals surface area contributed by atoms with Crippen LogP contribution in [0.15, 0.2) is 12.2 Å². The van der Waals surface area contributed by atoms with Gasteiger partial charge in [0, 0.05) is 13.5 Å². The second kappa shape index (κ2) is 48.6. The highest BCUT2D eigenvalue weighted by Gasteiger charge is 2.15. The fourth-order valence-corrected chi connectivity index (χ4v) is 3.98. The van der Waals surface area contributed by atoms with Crippen molar-refractivity contribution < 1.29 is 64.5 Å². The quantitative estimate of drug-likeness (QED) is 0.0309. The zero-order valence-electron chi connectivity index (χ0n) is 32.0. The van der Waals surface area contributed by atoms with Crippen molar-refractivity contribution in [2.45, 2.75) is 117 Å². The summed E-state index contributed by atoms with van der Waals surface area (Å²) in [6, 6.07) is 0. The summed E-state index contributed by atoms with van der Waals surface area (Å²) < 4.78 is 0. The molecule has 6 N–H and O–H groups in total. The fraction of sp³-hybridized carbons (Fsp3) is 0.914. The van der Waals surface area contributed by atoms with Crippen LogP contribution in [0.4, 0.5) is 0 Å². The van der Waals surface area contributed by atoms with Gasteiger partial charge < -0.3 is 30.6 Å². The summed E-state index contributed by atoms with van der Waals surface area (Å²) in [7, 11) is 1.55. The van der Waals surface area contributed by atoms with Crippen LogP contribution in [0.25, 0.3) is 0 Å². The SMILES string of the molecule is CCCCCCCCC=CCCCCCCCC(=O)N(OCCO)OCCO.CCCCN(OCCO)OCCO.CN(OCCO)OCCO. The van der Waals surface area contributed by atoms with E-state index in [0.29, 0.717) is 13.0 Å². The Hall–Kier alpha value is -1.35. The molecule has 0 saturated heterocycles. The molecule has 0 radical (unpaired) electrons. The number of carbonyl (C=O) groups excluding carboxylic acids is 1. The maximum absolute atomic E-state index is 12.0. The minimum absolute atomic E-state index is 0.0104. The van der Waals surface area contributed by atoms with Gasteiger partial charge in [-0.2, -0.15) is 0 Å². The normalized spacial score (nSPS) is 11.2. The van der Waals surface area contributed by atoms with Crippen molar-refractivity contribution in [3.63, 3.8) is 0 Å². The predicted molar refractivity (Wildman–Crippen MR) is 194 cm³/mol. The molecule has 0 bridgehead atoms. The van der Waals surface area contributed by atoms with E-state index in [9.17, 15) is 4.79 Å². The van der Waals surface area contributed by atoms with Crippen LogP contribution in [0.3, 0.4) is 0 Å². The van der Waals surface area contributed by atoms with E-state index in [4.69, 9.17) is 59.7 Å². The first kappa shape index (κ1) is 54.0. The van der Waals surface area contributed by atoms with Gasteiger partial charge in [-0.3, -0.25) is 24.1 Å². The summed E-state index contributed by atoms with van der Waals surface area (Å²) in [6.07, 6.45) is 22.7. The van der Waals surface area contributed by atoms with Crippen LogP contribution < -0.4 is 0 Å². The molecular formula is C35H75N3O13. The van der Waals surface area contributed by atoms with E-state index in [1.165, 1.54) is 63.0 Å². The molecule has 0 rings (SSSR count). The van der Waals surface area contributed by atoms with Crippen molar-refractivity contribution in [1.29, 1.82) is 0 Å². The Balaban J connectivity index is -0.000000820. The molecule has 1 amide bonds. The van der Waals surface area contributed by atoms with Gasteiger partial charge in [0.25, 0.3) is 5.91 Å². The smallest absolute Gasteiger partial charge is 0.273 e. The van der Waals surface area contributed by atoms with Crippen molar-refractivity contribution in [3.8, 4) is 0 Å². The van der Waals surface area contributed by atoms with E-state index in [1.807, 2.05) is 0 Å². The van der Waals surface area contributed by atoms with Crippen molar-refractivity contribution in [3.05, 3.63) is 12.2 Å². The zero-order chi connectivity index (χ0) is 38.5. The topological polar surface area (TPSA) is 204 Å². The lowest BCUT2D eigenvalue weighted by atomic mass is 10.1. The molecule has 0 saturated carbocycles. The Bertz CT molecular complexity index is 650. The predicted octanol–water partition coefficient (Wildman–Crippen LogP) is 3.40. The lowest BCUT2D eigenvalue weighted by Gasteiger charge is -2.19. The van der Waals surface area contributed by atoms with Crippen molar-refractivity contribution >= 4 is 5.91 Å². The largest absolute Gasteiger partial charge is 0.394 e. The molecule has 0 spiro atoms. The Morgan fingerprint density at radius 2 is 0.863 bits per heavy atom. The zero-order valence-corrected chi connectivity index (χ0v) is 32.0. The minimum atomic E-state index is -0.278. The number of aliphatic hydroxyl groups is 6. The molecule has 0 heterocycles. The lowest BCUT2D eigenvalue weighted by Crippen LogP contribution is -2.33. The minimum Gasteiger partial charge on any atom is -0.394 e. The highest BCUT2D eigenvalue weighted by atomic mass is 17.0. The number of unbranched alkanes of at least 4 members (excludes halogenated alkanes) is 12. The van der Waals surface area contributed by atoms with Crippen LogP contribution in [0, 0.1) is 0 Å². The van der Waals surface area contributed by atoms with Crippen LogP contribution in [0.5, 0.6) is 0 Å². The molecule has 0 aliphatic carbocycles. The van der Waals surface area contributed by atoms with E-state index < -0.39 is 0 Å². The molecule has 0 aliphatic rings. The van der Waals surface area contributed by atoms with Crippen molar-refractivity contribution in [2.75, 3.05) is 92.9 Å². The number of hydrogen-bond acceptors (Lipinski definition) is 15. The van der Waals surface area contributed by atoms with Gasteiger partial charge in [0.2, 0.25) is 0 Å². The molecular weight excluding hydrogens is 670 g/mol. The number of carbonyl (C=O) groups is 1. The highest BCUT2D eigenvalue weighted by Crippen LogP contribution is 2.11. The van der Waals surface area contributed by atoms with E-state index in [0.717, 1.165) is 49.0 Å². The molecule has 16 nitrogen and oxygen atoms in total. The highest BCUT2D eigenvalue weighted by molar-refractivity contribution is 5.73. The van der Waals surface area contributed by atoms with Crippen molar-refractivity contribution in [2.24, 2.45) is 0 Å². The molecule has 0 fully saturated rings. The van der Waals surface area contributed by atoms with Crippen LogP contribution >= 0.6 is 0 Å². The number of hydrogen-bond donors (Lipinski definition) is 6. The van der Waals surface area contributed by atoms with E-state index >= 15 is 0 Å². The van der Waals surface area contributed by atoms with Gasteiger partial charge in [0.15, 0.2) is 0 Å². The molecule has 51 heavy (non-hydrogen) atoms. The molecule has 0 unspecified atom stereocenters. The van der Waals surface area contributed by atoms with Gasteiger partial charge in [-0.25, -0.2) is 9.68 Å². The first-order chi connectivity index (χ1) is 24.9. The maximum Gasteiger partial charge on any atom is 0.273 e. The van der Waals surface area contributed by atoms with E-state index in [1.54, 1.807) is 7.05 Å². The first-order valence-corrected chi connectivity index (χ1v) is 18.8. The summed E-state index contributed by atoms with van der Waals surface area (Å²) in [6.45, 7) is 5.21. The number of aliphatic hydroxyl groups excluding tert-OH is 6. The number of rotatable bonds is 36. The lowest BCUT2D eigenvalue weighted by molar-refractivity contribution is -0.371. The second-order valence-corrected chi connectivity index (χ2v) is 11.2.